The van der Waals surface area contributed by atoms with Crippen LogP contribution >= 0.6 is 0 Å². The van der Waals surface area contributed by atoms with Crippen LogP contribution in [0.5, 0.6) is 0 Å². The van der Waals surface area contributed by atoms with Crippen LogP contribution in [0.1, 0.15) is 57.4 Å². The number of likely N-dealkylation sites (N-methyl/N-ethyl adjacent to an activating group) is 1. The summed E-state index contributed by atoms with van der Waals surface area (Å²) in [6.45, 7) is 19.5. The topological polar surface area (TPSA) is 163 Å². The molecule has 0 amide bonds. The minimum absolute atomic E-state index is 0. The van der Waals surface area contributed by atoms with Crippen LogP contribution in [0.4, 0.5) is 11.6 Å². The van der Waals surface area contributed by atoms with Gasteiger partial charge in [-0.2, -0.15) is 0 Å². The Balaban J connectivity index is 0.000000157. The molecular weight excluding hydrogens is 725 g/mol. The Morgan fingerprint density at radius 2 is 1.18 bits per heavy atom. The third-order valence-electron chi connectivity index (χ3n) is 11.1. The zero-order valence-electron chi connectivity index (χ0n) is 32.9. The molecule has 57 heavy (non-hydrogen) atoms. The van der Waals surface area contributed by atoms with E-state index in [1.54, 1.807) is 24.8 Å². The van der Waals surface area contributed by atoms with Gasteiger partial charge in [-0.3, -0.25) is 4.90 Å². The Kier molecular flexibility index (Phi) is 10.6. The fourth-order valence-electron chi connectivity index (χ4n) is 7.78. The van der Waals surface area contributed by atoms with Gasteiger partial charge in [0.1, 0.15) is 34.5 Å². The Hall–Kier alpha value is -5.23. The zero-order chi connectivity index (χ0) is 38.6. The standard InChI is InChI=1S/C20H24N6O2.C19H24N8O.CH4/c1-13-21-11-14(12-22-13)17-23-18(25-4-7-27-8-5-25)15-10-16-20(2,3)28-9-6-26(16)19(15)24-17;1-12-17-22-15-18(26-6-8-28-9-7-26)23-16(14-10-20-13(2)21-11-14)24-19(15)27(17)5-4-25(12)3;/h2*10-12H,4-9H2,1-3H3;1H4. The molecule has 0 aromatic carbocycles. The molecule has 2 fully saturated rings. The second-order valence-corrected chi connectivity index (χ2v) is 15.2. The first-order valence-corrected chi connectivity index (χ1v) is 19.4. The molecule has 0 aliphatic carbocycles. The van der Waals surface area contributed by atoms with E-state index in [0.29, 0.717) is 44.7 Å². The van der Waals surface area contributed by atoms with E-state index in [-0.39, 0.29) is 19.1 Å². The molecule has 4 aliphatic heterocycles. The number of aromatic nitrogens is 11. The van der Waals surface area contributed by atoms with E-state index in [9.17, 15) is 0 Å². The third-order valence-corrected chi connectivity index (χ3v) is 11.1. The maximum atomic E-state index is 6.01. The lowest BCUT2D eigenvalue weighted by molar-refractivity contribution is -0.0494. The monoisotopic (exact) mass is 776 g/mol. The molecule has 0 spiro atoms. The fourth-order valence-corrected chi connectivity index (χ4v) is 7.78. The summed E-state index contributed by atoms with van der Waals surface area (Å²) in [6.07, 6.45) is 7.16. The minimum atomic E-state index is -0.353. The van der Waals surface area contributed by atoms with Crippen molar-refractivity contribution in [3.63, 3.8) is 0 Å². The Bertz CT molecular complexity index is 2360. The molecule has 10 heterocycles. The van der Waals surface area contributed by atoms with Crippen LogP contribution in [0.2, 0.25) is 0 Å². The van der Waals surface area contributed by atoms with Crippen LogP contribution in [0, 0.1) is 13.8 Å². The third kappa shape index (κ3) is 7.28. The number of imidazole rings is 1. The maximum Gasteiger partial charge on any atom is 0.167 e. The fraction of sp³-hybridized carbons (Fsp3) is 0.525. The molecule has 300 valence electrons. The molecule has 2 saturated heterocycles. The Labute approximate surface area is 332 Å². The first kappa shape index (κ1) is 38.6. The highest BCUT2D eigenvalue weighted by Crippen LogP contribution is 2.38. The van der Waals surface area contributed by atoms with Gasteiger partial charge in [-0.1, -0.05) is 7.43 Å². The van der Waals surface area contributed by atoms with E-state index in [2.05, 4.69) is 77.7 Å². The smallest absolute Gasteiger partial charge is 0.167 e. The van der Waals surface area contributed by atoms with Crippen molar-refractivity contribution in [2.75, 3.05) is 82.6 Å². The highest BCUT2D eigenvalue weighted by atomic mass is 16.5. The zero-order valence-corrected chi connectivity index (χ0v) is 32.9. The molecule has 0 N–H and O–H groups in total. The number of fused-ring (bicyclic) bond motifs is 6. The lowest BCUT2D eigenvalue weighted by atomic mass is 10.0. The molecular formula is C40H52N14O3. The van der Waals surface area contributed by atoms with Crippen molar-refractivity contribution in [1.82, 2.24) is 58.9 Å². The molecule has 17 nitrogen and oxygen atoms in total. The molecule has 4 aliphatic rings. The van der Waals surface area contributed by atoms with E-state index in [1.807, 2.05) is 13.8 Å². The molecule has 6 aromatic heterocycles. The number of aryl methyl sites for hydroxylation is 2. The molecule has 6 aromatic rings. The van der Waals surface area contributed by atoms with Gasteiger partial charge in [0.15, 0.2) is 28.6 Å². The van der Waals surface area contributed by atoms with Gasteiger partial charge in [0.05, 0.1) is 61.3 Å². The number of ether oxygens (including phenoxy) is 3. The first-order chi connectivity index (χ1) is 27.1. The van der Waals surface area contributed by atoms with Gasteiger partial charge in [-0.25, -0.2) is 44.9 Å². The summed E-state index contributed by atoms with van der Waals surface area (Å²) in [5.74, 6) is 5.63. The van der Waals surface area contributed by atoms with Crippen molar-refractivity contribution in [2.24, 2.45) is 0 Å². The van der Waals surface area contributed by atoms with E-state index < -0.39 is 0 Å². The highest BCUT2D eigenvalue weighted by molar-refractivity contribution is 5.91. The van der Waals surface area contributed by atoms with Crippen LogP contribution in [-0.4, -0.2) is 132 Å². The molecule has 10 rings (SSSR count). The number of hydrogen-bond donors (Lipinski definition) is 0. The van der Waals surface area contributed by atoms with Gasteiger partial charge in [-0.05, 0) is 47.7 Å². The average molecular weight is 777 g/mol. The lowest BCUT2D eigenvalue weighted by Gasteiger charge is -2.32. The van der Waals surface area contributed by atoms with Crippen molar-refractivity contribution in [2.45, 2.75) is 66.8 Å². The van der Waals surface area contributed by atoms with E-state index in [0.717, 1.165) is 114 Å². The summed E-state index contributed by atoms with van der Waals surface area (Å²) in [6, 6.07) is 2.43. The summed E-state index contributed by atoms with van der Waals surface area (Å²) in [5.41, 5.74) is 5.13. The summed E-state index contributed by atoms with van der Waals surface area (Å²) in [5, 5.41) is 1.06. The first-order valence-electron chi connectivity index (χ1n) is 19.4. The van der Waals surface area contributed by atoms with E-state index in [1.165, 1.54) is 0 Å². The molecule has 1 atom stereocenters. The van der Waals surface area contributed by atoms with Gasteiger partial charge in [-0.15, -0.1) is 0 Å². The Morgan fingerprint density at radius 1 is 0.632 bits per heavy atom. The number of morpholine rings is 2. The lowest BCUT2D eigenvalue weighted by Crippen LogP contribution is -2.37. The van der Waals surface area contributed by atoms with Crippen molar-refractivity contribution in [1.29, 1.82) is 0 Å². The van der Waals surface area contributed by atoms with Crippen LogP contribution in [0.25, 0.3) is 45.0 Å². The van der Waals surface area contributed by atoms with E-state index >= 15 is 0 Å². The largest absolute Gasteiger partial charge is 0.378 e. The van der Waals surface area contributed by atoms with Gasteiger partial charge in [0.25, 0.3) is 0 Å². The predicted molar refractivity (Wildman–Crippen MR) is 217 cm³/mol. The van der Waals surface area contributed by atoms with Crippen LogP contribution in [-0.2, 0) is 32.9 Å². The number of hydrogen-bond acceptors (Lipinski definition) is 15. The van der Waals surface area contributed by atoms with Crippen molar-refractivity contribution in [3.05, 3.63) is 54.0 Å². The molecule has 1 unspecified atom stereocenters. The maximum absolute atomic E-state index is 6.01. The minimum Gasteiger partial charge on any atom is -0.378 e. The van der Waals surface area contributed by atoms with Crippen molar-refractivity contribution >= 4 is 33.8 Å². The molecule has 17 heteroatoms. The second kappa shape index (κ2) is 15.6. The van der Waals surface area contributed by atoms with Gasteiger partial charge in [0, 0.05) is 70.6 Å². The van der Waals surface area contributed by atoms with Crippen molar-refractivity contribution in [3.8, 4) is 22.8 Å². The van der Waals surface area contributed by atoms with Gasteiger partial charge in [0.2, 0.25) is 0 Å². The summed E-state index contributed by atoms with van der Waals surface area (Å²) in [7, 11) is 2.14. The van der Waals surface area contributed by atoms with Crippen molar-refractivity contribution < 1.29 is 14.2 Å². The second-order valence-electron chi connectivity index (χ2n) is 15.2. The van der Waals surface area contributed by atoms with Crippen LogP contribution < -0.4 is 9.80 Å². The number of nitrogens with zero attached hydrogens (tertiary/aromatic N) is 14. The summed E-state index contributed by atoms with van der Waals surface area (Å²) < 4.78 is 21.6. The SMILES string of the molecule is C.Cc1ncc(-c2nc(N3CCOCC3)c3cc4n(c3n2)CCOC4(C)C)cn1.Cc1ncc(-c2nc(N3CCOCC3)c3nc4n(c3n2)CCN(C)C4C)cn1. The molecule has 0 radical (unpaired) electrons. The average Bonchev–Trinajstić information content (AvgIpc) is 3.80. The summed E-state index contributed by atoms with van der Waals surface area (Å²) >= 11 is 0. The van der Waals surface area contributed by atoms with E-state index in [4.69, 9.17) is 39.1 Å². The number of rotatable bonds is 4. The summed E-state index contributed by atoms with van der Waals surface area (Å²) in [4.78, 5) is 48.8. The number of anilines is 2. The van der Waals surface area contributed by atoms with Crippen LogP contribution in [0.3, 0.4) is 0 Å². The van der Waals surface area contributed by atoms with Crippen LogP contribution in [0.15, 0.2) is 30.9 Å². The molecule has 0 bridgehead atoms. The van der Waals surface area contributed by atoms with Gasteiger partial charge < -0.3 is 33.1 Å². The Morgan fingerprint density at radius 3 is 1.77 bits per heavy atom. The molecule has 0 saturated carbocycles. The predicted octanol–water partition coefficient (Wildman–Crippen LogP) is 4.37. The quantitative estimate of drug-likeness (QED) is 0.248. The highest BCUT2D eigenvalue weighted by Gasteiger charge is 2.33. The normalized spacial score (nSPS) is 19.4. The van der Waals surface area contributed by atoms with Gasteiger partial charge >= 0.3 is 0 Å².